The van der Waals surface area contributed by atoms with E-state index in [2.05, 4.69) is 15.6 Å². The second kappa shape index (κ2) is 7.51. The zero-order chi connectivity index (χ0) is 17.1. The minimum atomic E-state index is -0.311. The van der Waals surface area contributed by atoms with E-state index in [1.54, 1.807) is 11.3 Å². The van der Waals surface area contributed by atoms with Crippen LogP contribution in [-0.2, 0) is 14.3 Å². The fraction of sp³-hybridized carbons (Fsp3) is 0.444. The summed E-state index contributed by atoms with van der Waals surface area (Å²) < 4.78 is 10.8. The third-order valence-electron chi connectivity index (χ3n) is 4.44. The molecule has 6 nitrogen and oxygen atoms in total. The van der Waals surface area contributed by atoms with Gasteiger partial charge in [-0.15, -0.1) is 11.3 Å². The van der Waals surface area contributed by atoms with Crippen molar-refractivity contribution in [2.45, 2.75) is 18.9 Å². The number of benzene rings is 1. The standard InChI is InChI=1S/C18H21N3O3S/c22-17(16-2-1-9-24-16)19-14-5-3-13(4-6-14)15-12-25-18(20-15)21-7-10-23-11-8-21/h3-6,12,16H,1-2,7-11H2,(H,19,22)/t16-/m1/s1. The summed E-state index contributed by atoms with van der Waals surface area (Å²) in [6, 6.07) is 7.80. The zero-order valence-corrected chi connectivity index (χ0v) is 14.8. The molecule has 2 aliphatic heterocycles. The fourth-order valence-corrected chi connectivity index (χ4v) is 3.92. The van der Waals surface area contributed by atoms with Crippen LogP contribution >= 0.6 is 11.3 Å². The van der Waals surface area contributed by atoms with Gasteiger partial charge in [-0.1, -0.05) is 12.1 Å². The molecule has 2 saturated heterocycles. The molecule has 2 aliphatic rings. The lowest BCUT2D eigenvalue weighted by Gasteiger charge is -2.26. The van der Waals surface area contributed by atoms with Crippen LogP contribution in [0.3, 0.4) is 0 Å². The summed E-state index contributed by atoms with van der Waals surface area (Å²) in [7, 11) is 0. The van der Waals surface area contributed by atoms with E-state index >= 15 is 0 Å². The van der Waals surface area contributed by atoms with Gasteiger partial charge in [-0.05, 0) is 25.0 Å². The minimum absolute atomic E-state index is 0.0616. The molecule has 1 N–H and O–H groups in total. The summed E-state index contributed by atoms with van der Waals surface area (Å²) in [6.07, 6.45) is 1.44. The molecular weight excluding hydrogens is 338 g/mol. The number of hydrogen-bond acceptors (Lipinski definition) is 6. The molecular formula is C18H21N3O3S. The first-order valence-corrected chi connectivity index (χ1v) is 9.49. The van der Waals surface area contributed by atoms with E-state index in [9.17, 15) is 4.79 Å². The third kappa shape index (κ3) is 3.84. The Kier molecular flexibility index (Phi) is 4.96. The zero-order valence-electron chi connectivity index (χ0n) is 13.9. The number of carbonyl (C=O) groups is 1. The van der Waals surface area contributed by atoms with Crippen molar-refractivity contribution in [3.63, 3.8) is 0 Å². The van der Waals surface area contributed by atoms with Crippen molar-refractivity contribution in [3.8, 4) is 11.3 Å². The van der Waals surface area contributed by atoms with Crippen molar-refractivity contribution in [1.82, 2.24) is 4.98 Å². The molecule has 0 bridgehead atoms. The number of anilines is 2. The Bertz CT molecular complexity index is 719. The van der Waals surface area contributed by atoms with Crippen LogP contribution in [0.1, 0.15) is 12.8 Å². The molecule has 1 amide bonds. The van der Waals surface area contributed by atoms with Crippen LogP contribution in [0.2, 0.25) is 0 Å². The number of hydrogen-bond donors (Lipinski definition) is 1. The molecule has 0 saturated carbocycles. The molecule has 0 spiro atoms. The highest BCUT2D eigenvalue weighted by molar-refractivity contribution is 7.14. The lowest BCUT2D eigenvalue weighted by atomic mass is 10.1. The number of nitrogens with zero attached hydrogens (tertiary/aromatic N) is 2. The molecule has 0 radical (unpaired) electrons. The Morgan fingerprint density at radius 3 is 2.72 bits per heavy atom. The van der Waals surface area contributed by atoms with Crippen molar-refractivity contribution in [3.05, 3.63) is 29.6 Å². The van der Waals surface area contributed by atoms with Gasteiger partial charge in [0.1, 0.15) is 6.10 Å². The third-order valence-corrected chi connectivity index (χ3v) is 5.35. The molecule has 2 aromatic rings. The molecule has 1 atom stereocenters. The molecule has 25 heavy (non-hydrogen) atoms. The lowest BCUT2D eigenvalue weighted by molar-refractivity contribution is -0.124. The first-order valence-electron chi connectivity index (χ1n) is 8.61. The van der Waals surface area contributed by atoms with E-state index in [0.29, 0.717) is 6.61 Å². The molecule has 0 unspecified atom stereocenters. The SMILES string of the molecule is O=C(Nc1ccc(-c2csc(N3CCOCC3)n2)cc1)[C@H]1CCCO1. The number of morpholine rings is 1. The Morgan fingerprint density at radius 1 is 1.20 bits per heavy atom. The second-order valence-electron chi connectivity index (χ2n) is 6.18. The number of carbonyl (C=O) groups excluding carboxylic acids is 1. The average Bonchev–Trinajstić information content (AvgIpc) is 3.35. The van der Waals surface area contributed by atoms with E-state index in [1.807, 2.05) is 24.3 Å². The maximum Gasteiger partial charge on any atom is 0.253 e. The van der Waals surface area contributed by atoms with Crippen LogP contribution < -0.4 is 10.2 Å². The normalized spacial score (nSPS) is 20.6. The smallest absolute Gasteiger partial charge is 0.253 e. The lowest BCUT2D eigenvalue weighted by Crippen LogP contribution is -2.36. The van der Waals surface area contributed by atoms with Crippen LogP contribution in [0.25, 0.3) is 11.3 Å². The van der Waals surface area contributed by atoms with Gasteiger partial charge in [0.2, 0.25) is 0 Å². The molecule has 4 rings (SSSR count). The second-order valence-corrected chi connectivity index (χ2v) is 7.02. The summed E-state index contributed by atoms with van der Waals surface area (Å²) in [6.45, 7) is 3.97. The van der Waals surface area contributed by atoms with Gasteiger partial charge in [-0.2, -0.15) is 0 Å². The van der Waals surface area contributed by atoms with Crippen LogP contribution in [-0.4, -0.2) is 49.9 Å². The van der Waals surface area contributed by atoms with Crippen molar-refractivity contribution in [1.29, 1.82) is 0 Å². The van der Waals surface area contributed by atoms with Gasteiger partial charge in [0, 0.05) is 36.3 Å². The average molecular weight is 359 g/mol. The van der Waals surface area contributed by atoms with Gasteiger partial charge in [-0.25, -0.2) is 4.98 Å². The maximum atomic E-state index is 12.1. The number of ether oxygens (including phenoxy) is 2. The van der Waals surface area contributed by atoms with E-state index in [0.717, 1.165) is 61.2 Å². The highest BCUT2D eigenvalue weighted by Gasteiger charge is 2.23. The number of aromatic nitrogens is 1. The van der Waals surface area contributed by atoms with Gasteiger partial charge in [0.05, 0.1) is 18.9 Å². The monoisotopic (exact) mass is 359 g/mol. The molecule has 3 heterocycles. The van der Waals surface area contributed by atoms with E-state index in [4.69, 9.17) is 14.5 Å². The van der Waals surface area contributed by atoms with Gasteiger partial charge in [0.25, 0.3) is 5.91 Å². The Morgan fingerprint density at radius 2 is 2.00 bits per heavy atom. The van der Waals surface area contributed by atoms with Crippen molar-refractivity contribution in [2.75, 3.05) is 43.1 Å². The highest BCUT2D eigenvalue weighted by Crippen LogP contribution is 2.28. The summed E-state index contributed by atoms with van der Waals surface area (Å²) in [5, 5.41) is 6.03. The van der Waals surface area contributed by atoms with Gasteiger partial charge < -0.3 is 19.7 Å². The Labute approximate surface area is 150 Å². The minimum Gasteiger partial charge on any atom is -0.378 e. The molecule has 1 aromatic heterocycles. The van der Waals surface area contributed by atoms with Gasteiger partial charge >= 0.3 is 0 Å². The predicted octanol–water partition coefficient (Wildman–Crippen LogP) is 2.76. The largest absolute Gasteiger partial charge is 0.378 e. The quantitative estimate of drug-likeness (QED) is 0.909. The maximum absolute atomic E-state index is 12.1. The molecule has 1 aromatic carbocycles. The van der Waals surface area contributed by atoms with Crippen LogP contribution in [0.5, 0.6) is 0 Å². The van der Waals surface area contributed by atoms with E-state index < -0.39 is 0 Å². The summed E-state index contributed by atoms with van der Waals surface area (Å²) >= 11 is 1.66. The van der Waals surface area contributed by atoms with Crippen molar-refractivity contribution < 1.29 is 14.3 Å². The van der Waals surface area contributed by atoms with Gasteiger partial charge in [0.15, 0.2) is 5.13 Å². The number of thiazole rings is 1. The number of nitrogens with one attached hydrogen (secondary N) is 1. The first-order chi connectivity index (χ1) is 12.3. The molecule has 132 valence electrons. The first kappa shape index (κ1) is 16.5. The predicted molar refractivity (Wildman–Crippen MR) is 98.2 cm³/mol. The van der Waals surface area contributed by atoms with Crippen molar-refractivity contribution >= 4 is 28.1 Å². The highest BCUT2D eigenvalue weighted by atomic mass is 32.1. The summed E-state index contributed by atoms with van der Waals surface area (Å²) in [5.41, 5.74) is 2.79. The summed E-state index contributed by atoms with van der Waals surface area (Å²) in [4.78, 5) is 19.1. The Hall–Kier alpha value is -1.96. The molecule has 0 aliphatic carbocycles. The fourth-order valence-electron chi connectivity index (χ4n) is 3.03. The summed E-state index contributed by atoms with van der Waals surface area (Å²) in [5.74, 6) is -0.0616. The Balaban J connectivity index is 1.41. The van der Waals surface area contributed by atoms with Crippen LogP contribution in [0.15, 0.2) is 29.6 Å². The molecule has 7 heteroatoms. The number of amides is 1. The van der Waals surface area contributed by atoms with E-state index in [1.165, 1.54) is 0 Å². The van der Waals surface area contributed by atoms with Crippen molar-refractivity contribution in [2.24, 2.45) is 0 Å². The molecule has 2 fully saturated rings. The van der Waals surface area contributed by atoms with Crippen LogP contribution in [0, 0.1) is 0 Å². The van der Waals surface area contributed by atoms with E-state index in [-0.39, 0.29) is 12.0 Å². The van der Waals surface area contributed by atoms with Gasteiger partial charge in [-0.3, -0.25) is 4.79 Å². The topological polar surface area (TPSA) is 63.7 Å². The number of rotatable bonds is 4. The van der Waals surface area contributed by atoms with Crippen LogP contribution in [0.4, 0.5) is 10.8 Å².